The Labute approximate surface area is 191 Å². The Balaban J connectivity index is 1.66. The van der Waals surface area contributed by atoms with Crippen molar-refractivity contribution < 1.29 is 24.5 Å². The molecular weight excluding hydrogens is 432 g/mol. The Morgan fingerprint density at radius 1 is 1.00 bits per heavy atom. The fourth-order valence-corrected chi connectivity index (χ4v) is 4.29. The molecule has 0 aromatic heterocycles. The van der Waals surface area contributed by atoms with E-state index in [1.54, 1.807) is 36.4 Å². The first-order valence-electron chi connectivity index (χ1n) is 10.6. The largest absolute Gasteiger partial charge is 0.508 e. The second-order valence-corrected chi connectivity index (χ2v) is 8.33. The molecule has 2 fully saturated rings. The maximum atomic E-state index is 13.0. The van der Waals surface area contributed by atoms with Gasteiger partial charge in [0.05, 0.1) is 24.8 Å². The van der Waals surface area contributed by atoms with Gasteiger partial charge in [0.25, 0.3) is 11.7 Å². The zero-order valence-corrected chi connectivity index (χ0v) is 18.3. The van der Waals surface area contributed by atoms with Crippen molar-refractivity contribution in [1.82, 2.24) is 9.80 Å². The lowest BCUT2D eigenvalue weighted by atomic mass is 9.95. The van der Waals surface area contributed by atoms with Gasteiger partial charge in [-0.05, 0) is 48.4 Å². The van der Waals surface area contributed by atoms with E-state index >= 15 is 0 Å². The summed E-state index contributed by atoms with van der Waals surface area (Å²) in [4.78, 5) is 29.7. The predicted molar refractivity (Wildman–Crippen MR) is 120 cm³/mol. The number of morpholine rings is 1. The maximum Gasteiger partial charge on any atom is 0.295 e. The van der Waals surface area contributed by atoms with Crippen molar-refractivity contribution in [2.45, 2.75) is 12.5 Å². The van der Waals surface area contributed by atoms with Gasteiger partial charge >= 0.3 is 0 Å². The molecule has 2 aromatic carbocycles. The summed E-state index contributed by atoms with van der Waals surface area (Å²) in [5, 5.41) is 21.2. The zero-order chi connectivity index (χ0) is 22.7. The van der Waals surface area contributed by atoms with Crippen molar-refractivity contribution in [1.29, 1.82) is 0 Å². The number of phenols is 1. The summed E-state index contributed by atoms with van der Waals surface area (Å²) in [5.74, 6) is -1.52. The van der Waals surface area contributed by atoms with Crippen LogP contribution >= 0.6 is 11.6 Å². The highest BCUT2D eigenvalue weighted by molar-refractivity contribution is 6.46. The number of likely N-dealkylation sites (tertiary alicyclic amines) is 1. The molecule has 0 saturated carbocycles. The highest BCUT2D eigenvalue weighted by Crippen LogP contribution is 2.40. The number of hydrogen-bond acceptors (Lipinski definition) is 6. The Morgan fingerprint density at radius 3 is 2.31 bits per heavy atom. The van der Waals surface area contributed by atoms with E-state index in [0.717, 1.165) is 19.6 Å². The van der Waals surface area contributed by atoms with Gasteiger partial charge in [-0.3, -0.25) is 14.5 Å². The van der Waals surface area contributed by atoms with Gasteiger partial charge < -0.3 is 19.8 Å². The number of aliphatic hydroxyl groups is 1. The van der Waals surface area contributed by atoms with Crippen LogP contribution < -0.4 is 0 Å². The molecular formula is C24H25ClN2O5. The van der Waals surface area contributed by atoms with Crippen LogP contribution in [0.4, 0.5) is 0 Å². The van der Waals surface area contributed by atoms with Crippen molar-refractivity contribution in [3.05, 3.63) is 70.3 Å². The number of phenolic OH excluding ortho intramolecular Hbond substituents is 1. The summed E-state index contributed by atoms with van der Waals surface area (Å²) < 4.78 is 5.37. The Morgan fingerprint density at radius 2 is 1.66 bits per heavy atom. The number of hydrogen-bond donors (Lipinski definition) is 2. The Bertz CT molecular complexity index is 1010. The van der Waals surface area contributed by atoms with Crippen LogP contribution in [0.1, 0.15) is 23.6 Å². The number of ether oxygens (including phenoxy) is 1. The molecule has 4 rings (SSSR count). The average molecular weight is 457 g/mol. The van der Waals surface area contributed by atoms with Gasteiger partial charge in [-0.15, -0.1) is 0 Å². The van der Waals surface area contributed by atoms with Crippen LogP contribution in [0, 0.1) is 0 Å². The molecule has 7 nitrogen and oxygen atoms in total. The van der Waals surface area contributed by atoms with E-state index < -0.39 is 17.7 Å². The Kier molecular flexibility index (Phi) is 6.79. The molecule has 0 radical (unpaired) electrons. The van der Waals surface area contributed by atoms with Crippen LogP contribution in [0.25, 0.3) is 5.76 Å². The van der Waals surface area contributed by atoms with Gasteiger partial charge in [0.1, 0.15) is 11.5 Å². The van der Waals surface area contributed by atoms with E-state index in [4.69, 9.17) is 16.3 Å². The molecule has 8 heteroatoms. The molecule has 2 heterocycles. The molecule has 1 amide bonds. The molecule has 1 unspecified atom stereocenters. The summed E-state index contributed by atoms with van der Waals surface area (Å²) in [6.07, 6.45) is 0.683. The van der Waals surface area contributed by atoms with Gasteiger partial charge in [-0.25, -0.2) is 0 Å². The van der Waals surface area contributed by atoms with Gasteiger partial charge in [0.2, 0.25) is 0 Å². The standard InChI is InChI=1S/C24H25ClN2O5/c25-18-6-2-17(3-7-18)22(29)20-21(16-4-8-19(28)9-5-16)27(24(31)23(20)30)11-1-10-26-12-14-32-15-13-26/h2-9,21,28-29H,1,10-15H2/b22-20-. The normalized spacial score (nSPS) is 21.3. The fraction of sp³-hybridized carbons (Fsp3) is 0.333. The molecule has 2 N–H and O–H groups in total. The number of nitrogens with zero attached hydrogens (tertiary/aromatic N) is 2. The number of rotatable bonds is 6. The first kappa shape index (κ1) is 22.3. The number of aliphatic hydroxyl groups excluding tert-OH is 1. The number of carbonyl (C=O) groups excluding carboxylic acids is 2. The molecule has 0 bridgehead atoms. The molecule has 2 aliphatic heterocycles. The van der Waals surface area contributed by atoms with Gasteiger partial charge in [0.15, 0.2) is 0 Å². The van der Waals surface area contributed by atoms with Crippen LogP contribution in [-0.2, 0) is 14.3 Å². The van der Waals surface area contributed by atoms with Crippen molar-refractivity contribution in [2.24, 2.45) is 0 Å². The lowest BCUT2D eigenvalue weighted by molar-refractivity contribution is -0.140. The van der Waals surface area contributed by atoms with Crippen molar-refractivity contribution in [3.63, 3.8) is 0 Å². The van der Waals surface area contributed by atoms with E-state index in [-0.39, 0.29) is 17.1 Å². The first-order valence-corrected chi connectivity index (χ1v) is 11.0. The molecule has 2 aliphatic rings. The predicted octanol–water partition coefficient (Wildman–Crippen LogP) is 3.19. The maximum absolute atomic E-state index is 13.0. The van der Waals surface area contributed by atoms with Gasteiger partial charge in [-0.1, -0.05) is 23.7 Å². The second-order valence-electron chi connectivity index (χ2n) is 7.90. The summed E-state index contributed by atoms with van der Waals surface area (Å²) in [7, 11) is 0. The van der Waals surface area contributed by atoms with E-state index in [0.29, 0.717) is 42.3 Å². The highest BCUT2D eigenvalue weighted by atomic mass is 35.5. The Hall–Kier alpha value is -2.87. The van der Waals surface area contributed by atoms with Crippen LogP contribution in [0.3, 0.4) is 0 Å². The lowest BCUT2D eigenvalue weighted by Crippen LogP contribution is -2.38. The molecule has 168 valence electrons. The quantitative estimate of drug-likeness (QED) is 0.394. The minimum Gasteiger partial charge on any atom is -0.508 e. The van der Waals surface area contributed by atoms with Gasteiger partial charge in [-0.2, -0.15) is 0 Å². The smallest absolute Gasteiger partial charge is 0.295 e. The number of carbonyl (C=O) groups is 2. The fourth-order valence-electron chi connectivity index (χ4n) is 4.17. The van der Waals surface area contributed by atoms with E-state index in [9.17, 15) is 19.8 Å². The number of halogens is 1. The lowest BCUT2D eigenvalue weighted by Gasteiger charge is -2.29. The third-order valence-electron chi connectivity index (χ3n) is 5.84. The molecule has 2 aromatic rings. The SMILES string of the molecule is O=C1C(=O)N(CCCN2CCOCC2)C(c2ccc(O)cc2)/C1=C(/O)c1ccc(Cl)cc1. The molecule has 2 saturated heterocycles. The van der Waals surface area contributed by atoms with Crippen LogP contribution in [0.5, 0.6) is 5.75 Å². The van der Waals surface area contributed by atoms with Crippen LogP contribution in [-0.4, -0.2) is 71.1 Å². The van der Waals surface area contributed by atoms with E-state index in [2.05, 4.69) is 4.90 Å². The monoisotopic (exact) mass is 456 g/mol. The summed E-state index contributed by atoms with van der Waals surface area (Å²) >= 11 is 5.95. The average Bonchev–Trinajstić information content (AvgIpc) is 3.05. The number of ketones is 1. The summed E-state index contributed by atoms with van der Waals surface area (Å²) in [6, 6.07) is 12.0. The van der Waals surface area contributed by atoms with Crippen LogP contribution in [0.15, 0.2) is 54.1 Å². The van der Waals surface area contributed by atoms with E-state index in [1.807, 2.05) is 0 Å². The van der Waals surface area contributed by atoms with Crippen molar-refractivity contribution in [3.8, 4) is 5.75 Å². The minimum absolute atomic E-state index is 0.0365. The number of Topliss-reactive ketones (excluding diaryl/α,β-unsaturated/α-hetero) is 1. The first-order chi connectivity index (χ1) is 15.5. The summed E-state index contributed by atoms with van der Waals surface area (Å²) in [6.45, 7) is 4.22. The number of aromatic hydroxyl groups is 1. The zero-order valence-electron chi connectivity index (χ0n) is 17.5. The van der Waals surface area contributed by atoms with Crippen molar-refractivity contribution in [2.75, 3.05) is 39.4 Å². The van der Waals surface area contributed by atoms with E-state index in [1.165, 1.54) is 17.0 Å². The van der Waals surface area contributed by atoms with Gasteiger partial charge in [0, 0.05) is 36.8 Å². The van der Waals surface area contributed by atoms with Crippen molar-refractivity contribution >= 4 is 29.1 Å². The molecule has 0 spiro atoms. The third kappa shape index (κ3) is 4.65. The molecule has 0 aliphatic carbocycles. The van der Waals surface area contributed by atoms with Crippen LogP contribution in [0.2, 0.25) is 5.02 Å². The topological polar surface area (TPSA) is 90.3 Å². The molecule has 1 atom stereocenters. The number of benzene rings is 2. The number of amides is 1. The minimum atomic E-state index is -0.740. The third-order valence-corrected chi connectivity index (χ3v) is 6.10. The molecule has 32 heavy (non-hydrogen) atoms. The second kappa shape index (κ2) is 9.73. The highest BCUT2D eigenvalue weighted by Gasteiger charge is 2.45. The summed E-state index contributed by atoms with van der Waals surface area (Å²) in [5.41, 5.74) is 1.09.